The third-order valence-corrected chi connectivity index (χ3v) is 4.93. The molecule has 0 spiro atoms. The fourth-order valence-corrected chi connectivity index (χ4v) is 3.19. The normalized spacial score (nSPS) is 11.7. The number of nitro benzene ring substituents is 1. The molecule has 0 saturated carbocycles. The Hall–Kier alpha value is -3.86. The number of carbonyl (C=O) groups is 2. The van der Waals surface area contributed by atoms with E-state index < -0.39 is 23.4 Å². The molecule has 0 fully saturated rings. The number of rotatable bonds is 11. The fourth-order valence-electron chi connectivity index (χ4n) is 3.19. The first-order chi connectivity index (χ1) is 15.9. The molecule has 0 atom stereocenters. The van der Waals surface area contributed by atoms with Gasteiger partial charge in [0.15, 0.2) is 18.1 Å². The minimum absolute atomic E-state index is 0.0353. The van der Waals surface area contributed by atoms with E-state index >= 15 is 0 Å². The number of likely N-dealkylation sites (N-methyl/N-ethyl adjacent to an activating group) is 1. The van der Waals surface area contributed by atoms with E-state index in [1.807, 2.05) is 13.0 Å². The second kappa shape index (κ2) is 11.1. The number of anilines is 1. The van der Waals surface area contributed by atoms with Crippen LogP contribution in [-0.2, 0) is 20.8 Å². The van der Waals surface area contributed by atoms with E-state index in [0.29, 0.717) is 43.4 Å². The lowest BCUT2D eigenvalue weighted by molar-refractivity contribution is -0.384. The number of hydrogen-bond donors (Lipinski definition) is 1. The van der Waals surface area contributed by atoms with Crippen molar-refractivity contribution in [2.75, 3.05) is 45.5 Å². The summed E-state index contributed by atoms with van der Waals surface area (Å²) in [6, 6.07) is 9.22. The van der Waals surface area contributed by atoms with Crippen LogP contribution in [0.4, 0.5) is 11.4 Å². The zero-order chi connectivity index (χ0) is 23.8. The van der Waals surface area contributed by atoms with E-state index in [4.69, 9.17) is 18.9 Å². The summed E-state index contributed by atoms with van der Waals surface area (Å²) < 4.78 is 20.8. The molecule has 1 aliphatic heterocycles. The fraction of sp³-hybridized carbons (Fsp3) is 0.364. The number of ether oxygens (including phenoxy) is 4. The van der Waals surface area contributed by atoms with Gasteiger partial charge < -0.3 is 29.2 Å². The number of nitro groups is 1. The van der Waals surface area contributed by atoms with Gasteiger partial charge in [0.2, 0.25) is 6.79 Å². The quantitative estimate of drug-likeness (QED) is 0.233. The van der Waals surface area contributed by atoms with E-state index in [0.717, 1.165) is 11.6 Å². The second-order valence-corrected chi connectivity index (χ2v) is 7.08. The van der Waals surface area contributed by atoms with Crippen LogP contribution in [0.5, 0.6) is 11.5 Å². The molecule has 1 amide bonds. The predicted octanol–water partition coefficient (Wildman–Crippen LogP) is 2.59. The van der Waals surface area contributed by atoms with Crippen molar-refractivity contribution in [1.29, 1.82) is 0 Å². The van der Waals surface area contributed by atoms with E-state index in [-0.39, 0.29) is 18.0 Å². The average molecular weight is 459 g/mol. The van der Waals surface area contributed by atoms with Crippen LogP contribution >= 0.6 is 0 Å². The van der Waals surface area contributed by atoms with E-state index in [2.05, 4.69) is 5.32 Å². The van der Waals surface area contributed by atoms with Gasteiger partial charge in [-0.05, 0) is 30.7 Å². The van der Waals surface area contributed by atoms with E-state index in [9.17, 15) is 19.7 Å². The van der Waals surface area contributed by atoms with Crippen molar-refractivity contribution in [2.45, 2.75) is 13.5 Å². The molecule has 0 aromatic heterocycles. The third-order valence-electron chi connectivity index (χ3n) is 4.93. The van der Waals surface area contributed by atoms with Crippen LogP contribution in [0.3, 0.4) is 0 Å². The summed E-state index contributed by atoms with van der Waals surface area (Å²) in [5, 5.41) is 14.1. The first-order valence-corrected chi connectivity index (χ1v) is 10.3. The lowest BCUT2D eigenvalue weighted by Gasteiger charge is -2.21. The predicted molar refractivity (Wildman–Crippen MR) is 117 cm³/mol. The number of nitrogens with zero attached hydrogens (tertiary/aromatic N) is 2. The number of methoxy groups -OCH3 is 1. The number of nitrogens with one attached hydrogen (secondary N) is 1. The average Bonchev–Trinajstić information content (AvgIpc) is 3.29. The molecule has 0 saturated heterocycles. The zero-order valence-corrected chi connectivity index (χ0v) is 18.4. The topological polar surface area (TPSA) is 129 Å². The van der Waals surface area contributed by atoms with Crippen molar-refractivity contribution in [1.82, 2.24) is 4.90 Å². The number of benzene rings is 2. The van der Waals surface area contributed by atoms with Gasteiger partial charge in [-0.1, -0.05) is 6.07 Å². The molecule has 3 rings (SSSR count). The Balaban J connectivity index is 1.65. The molecule has 1 N–H and O–H groups in total. The van der Waals surface area contributed by atoms with Gasteiger partial charge in [0.05, 0.1) is 17.1 Å². The van der Waals surface area contributed by atoms with Gasteiger partial charge >= 0.3 is 5.97 Å². The highest BCUT2D eigenvalue weighted by atomic mass is 16.7. The van der Waals surface area contributed by atoms with Crippen molar-refractivity contribution < 1.29 is 33.5 Å². The summed E-state index contributed by atoms with van der Waals surface area (Å²) in [5.41, 5.74) is 0.891. The van der Waals surface area contributed by atoms with E-state index in [1.165, 1.54) is 24.1 Å². The molecule has 0 unspecified atom stereocenters. The highest BCUT2D eigenvalue weighted by Gasteiger charge is 2.21. The van der Waals surface area contributed by atoms with Crippen LogP contribution < -0.4 is 14.8 Å². The van der Waals surface area contributed by atoms with Crippen LogP contribution in [0, 0.1) is 10.1 Å². The van der Waals surface area contributed by atoms with Crippen molar-refractivity contribution >= 4 is 23.3 Å². The highest BCUT2D eigenvalue weighted by molar-refractivity contribution is 5.97. The lowest BCUT2D eigenvalue weighted by Crippen LogP contribution is -2.34. The first-order valence-electron chi connectivity index (χ1n) is 10.3. The number of esters is 1. The molecular formula is C22H25N3O8. The summed E-state index contributed by atoms with van der Waals surface area (Å²) in [6.45, 7) is 2.91. The molecular weight excluding hydrogens is 434 g/mol. The molecule has 33 heavy (non-hydrogen) atoms. The van der Waals surface area contributed by atoms with Gasteiger partial charge in [-0.15, -0.1) is 0 Å². The van der Waals surface area contributed by atoms with Gasteiger partial charge in [-0.2, -0.15) is 0 Å². The maximum absolute atomic E-state index is 12.7. The maximum atomic E-state index is 12.7. The zero-order valence-electron chi connectivity index (χ0n) is 18.4. The molecule has 0 bridgehead atoms. The van der Waals surface area contributed by atoms with Crippen LogP contribution in [0.15, 0.2) is 36.4 Å². The molecule has 11 nitrogen and oxygen atoms in total. The number of fused-ring (bicyclic) bond motifs is 1. The molecule has 0 radical (unpaired) electrons. The van der Waals surface area contributed by atoms with Crippen LogP contribution in [0.25, 0.3) is 0 Å². The summed E-state index contributed by atoms with van der Waals surface area (Å²) >= 11 is 0. The standard InChI is InChI=1S/C22H25N3O8/c1-3-24(12-15-4-7-19-20(10-15)33-14-32-19)21(26)13-31-22(27)17-11-16(25(28)29)5-6-18(17)23-8-9-30-2/h4-7,10-11,23H,3,8-9,12-14H2,1-2H3. The Bertz CT molecular complexity index is 1030. The minimum atomic E-state index is -0.842. The van der Waals surface area contributed by atoms with Crippen LogP contribution in [0.1, 0.15) is 22.8 Å². The van der Waals surface area contributed by atoms with Crippen LogP contribution in [-0.4, -0.2) is 61.9 Å². The molecule has 2 aromatic rings. The molecule has 1 aliphatic rings. The van der Waals surface area contributed by atoms with Gasteiger partial charge in [0, 0.05) is 44.6 Å². The maximum Gasteiger partial charge on any atom is 0.341 e. The molecule has 11 heteroatoms. The van der Waals surface area contributed by atoms with Crippen molar-refractivity contribution in [3.63, 3.8) is 0 Å². The van der Waals surface area contributed by atoms with Crippen LogP contribution in [0.2, 0.25) is 0 Å². The second-order valence-electron chi connectivity index (χ2n) is 7.08. The number of hydrogen-bond acceptors (Lipinski definition) is 9. The third kappa shape index (κ3) is 6.10. The van der Waals surface area contributed by atoms with Gasteiger partial charge in [-0.3, -0.25) is 14.9 Å². The largest absolute Gasteiger partial charge is 0.454 e. The van der Waals surface area contributed by atoms with Gasteiger partial charge in [0.1, 0.15) is 0 Å². The monoisotopic (exact) mass is 459 g/mol. The Labute approximate surface area is 190 Å². The SMILES string of the molecule is CCN(Cc1ccc2c(c1)OCO2)C(=O)COC(=O)c1cc([N+](=O)[O-])ccc1NCCOC. The summed E-state index contributed by atoms with van der Waals surface area (Å²) in [5.74, 6) is 0.0180. The molecule has 0 aliphatic carbocycles. The smallest absolute Gasteiger partial charge is 0.341 e. The van der Waals surface area contributed by atoms with E-state index in [1.54, 1.807) is 12.1 Å². The van der Waals surface area contributed by atoms with Gasteiger partial charge in [-0.25, -0.2) is 4.79 Å². The molecule has 2 aromatic carbocycles. The Morgan fingerprint density at radius 2 is 1.97 bits per heavy atom. The Kier molecular flexibility index (Phi) is 8.03. The minimum Gasteiger partial charge on any atom is -0.454 e. The van der Waals surface area contributed by atoms with Crippen molar-refractivity contribution in [3.8, 4) is 11.5 Å². The first kappa shape index (κ1) is 23.8. The lowest BCUT2D eigenvalue weighted by atomic mass is 10.1. The number of amides is 1. The molecule has 1 heterocycles. The summed E-state index contributed by atoms with van der Waals surface area (Å²) in [7, 11) is 1.53. The number of carbonyl (C=O) groups excluding carboxylic acids is 2. The summed E-state index contributed by atoms with van der Waals surface area (Å²) in [4.78, 5) is 37.4. The summed E-state index contributed by atoms with van der Waals surface area (Å²) in [6.07, 6.45) is 0. The number of non-ortho nitro benzene ring substituents is 1. The van der Waals surface area contributed by atoms with Crippen molar-refractivity contribution in [2.24, 2.45) is 0 Å². The van der Waals surface area contributed by atoms with Crippen molar-refractivity contribution in [3.05, 3.63) is 57.6 Å². The Morgan fingerprint density at radius 1 is 1.18 bits per heavy atom. The highest BCUT2D eigenvalue weighted by Crippen LogP contribution is 2.32. The Morgan fingerprint density at radius 3 is 2.70 bits per heavy atom. The molecule has 176 valence electrons. The van der Waals surface area contributed by atoms with Gasteiger partial charge in [0.25, 0.3) is 11.6 Å².